The van der Waals surface area contributed by atoms with Gasteiger partial charge in [0.25, 0.3) is 5.91 Å². The number of anilines is 1. The van der Waals surface area contributed by atoms with E-state index >= 15 is 0 Å². The lowest BCUT2D eigenvalue weighted by Crippen LogP contribution is -2.38. The van der Waals surface area contributed by atoms with E-state index < -0.39 is 0 Å². The van der Waals surface area contributed by atoms with Gasteiger partial charge in [-0.05, 0) is 53.6 Å². The average molecular weight is 466 g/mol. The van der Waals surface area contributed by atoms with Crippen LogP contribution in [0.15, 0.2) is 72.8 Å². The molecule has 6 nitrogen and oxygen atoms in total. The third-order valence-electron chi connectivity index (χ3n) is 6.60. The van der Waals surface area contributed by atoms with Crippen molar-refractivity contribution >= 4 is 34.1 Å². The summed E-state index contributed by atoms with van der Waals surface area (Å²) in [5, 5.41) is 4.04. The summed E-state index contributed by atoms with van der Waals surface area (Å²) in [6.45, 7) is 5.05. The lowest BCUT2D eigenvalue weighted by atomic mass is 9.99. The summed E-state index contributed by atoms with van der Waals surface area (Å²) in [4.78, 5) is 18.6. The van der Waals surface area contributed by atoms with E-state index in [9.17, 15) is 4.79 Å². The van der Waals surface area contributed by atoms with Crippen molar-refractivity contribution in [3.63, 3.8) is 0 Å². The molecule has 6 heteroatoms. The minimum absolute atomic E-state index is 0.0870. The molecule has 0 unspecified atom stereocenters. The number of aromatic amines is 1. The van der Waals surface area contributed by atoms with E-state index in [2.05, 4.69) is 39.5 Å². The summed E-state index contributed by atoms with van der Waals surface area (Å²) >= 11 is 0. The Hall–Kier alpha value is -3.87. The van der Waals surface area contributed by atoms with E-state index in [-0.39, 0.29) is 5.91 Å². The van der Waals surface area contributed by atoms with Crippen LogP contribution in [-0.2, 0) is 9.53 Å². The number of nitrogens with zero attached hydrogens (tertiary/aromatic N) is 1. The minimum Gasteiger partial charge on any atom is -0.492 e. The number of carbonyl (C=O) groups excluding carboxylic acids is 1. The predicted molar refractivity (Wildman–Crippen MR) is 139 cm³/mol. The van der Waals surface area contributed by atoms with Gasteiger partial charge in [0.15, 0.2) is 0 Å². The van der Waals surface area contributed by atoms with Gasteiger partial charge in [0, 0.05) is 47.5 Å². The zero-order valence-electron chi connectivity index (χ0n) is 19.4. The van der Waals surface area contributed by atoms with E-state index in [4.69, 9.17) is 9.47 Å². The molecule has 35 heavy (non-hydrogen) atoms. The van der Waals surface area contributed by atoms with E-state index in [0.717, 1.165) is 77.6 Å². The second kappa shape index (κ2) is 9.41. The summed E-state index contributed by atoms with van der Waals surface area (Å²) in [5.74, 6) is 0.761. The molecule has 2 aliphatic rings. The Bertz CT molecular complexity index is 1400. The molecule has 0 radical (unpaired) electrons. The van der Waals surface area contributed by atoms with Crippen LogP contribution in [0, 0.1) is 0 Å². The summed E-state index contributed by atoms with van der Waals surface area (Å²) in [5.41, 5.74) is 6.52. The Labute approximate surface area is 204 Å². The van der Waals surface area contributed by atoms with Gasteiger partial charge in [-0.3, -0.25) is 9.69 Å². The van der Waals surface area contributed by atoms with Crippen LogP contribution in [0.25, 0.3) is 33.7 Å². The van der Waals surface area contributed by atoms with Crippen molar-refractivity contribution < 1.29 is 14.3 Å². The normalized spacial score (nSPS) is 17.0. The van der Waals surface area contributed by atoms with Crippen molar-refractivity contribution in [2.45, 2.75) is 0 Å². The molecule has 0 aliphatic carbocycles. The number of morpholine rings is 1. The van der Waals surface area contributed by atoms with Crippen LogP contribution in [0.2, 0.25) is 0 Å². The fourth-order valence-electron chi connectivity index (χ4n) is 4.72. The summed E-state index contributed by atoms with van der Waals surface area (Å²) in [6, 6.07) is 24.4. The highest BCUT2D eigenvalue weighted by atomic mass is 16.5. The minimum atomic E-state index is -0.0870. The fourth-order valence-corrected chi connectivity index (χ4v) is 4.72. The third kappa shape index (κ3) is 4.58. The van der Waals surface area contributed by atoms with Crippen molar-refractivity contribution in [3.05, 3.63) is 84.1 Å². The highest BCUT2D eigenvalue weighted by Crippen LogP contribution is 2.36. The Morgan fingerprint density at radius 1 is 0.943 bits per heavy atom. The number of hydrogen-bond donors (Lipinski definition) is 2. The fraction of sp³-hybridized carbons (Fsp3) is 0.207. The van der Waals surface area contributed by atoms with Crippen LogP contribution in [0.5, 0.6) is 5.75 Å². The molecule has 0 bridgehead atoms. The maximum atomic E-state index is 12.8. The molecule has 3 aromatic carbocycles. The highest BCUT2D eigenvalue weighted by Gasteiger charge is 2.24. The first-order valence-corrected chi connectivity index (χ1v) is 12.0. The zero-order valence-corrected chi connectivity index (χ0v) is 19.4. The quantitative estimate of drug-likeness (QED) is 0.392. The molecular weight excluding hydrogens is 438 g/mol. The molecule has 1 aromatic heterocycles. The zero-order chi connectivity index (χ0) is 23.6. The van der Waals surface area contributed by atoms with Gasteiger partial charge in [0.2, 0.25) is 0 Å². The molecule has 4 aromatic rings. The smallest absolute Gasteiger partial charge is 0.256 e. The van der Waals surface area contributed by atoms with Crippen molar-refractivity contribution in [3.8, 4) is 16.9 Å². The number of H-pyrrole nitrogens is 1. The van der Waals surface area contributed by atoms with E-state index in [1.165, 1.54) is 0 Å². The molecule has 0 atom stereocenters. The Morgan fingerprint density at radius 3 is 2.66 bits per heavy atom. The molecule has 2 N–H and O–H groups in total. The first-order chi connectivity index (χ1) is 17.2. The van der Waals surface area contributed by atoms with Crippen molar-refractivity contribution in [1.29, 1.82) is 0 Å². The third-order valence-corrected chi connectivity index (χ3v) is 6.60. The predicted octanol–water partition coefficient (Wildman–Crippen LogP) is 5.04. The van der Waals surface area contributed by atoms with Crippen molar-refractivity contribution in [2.75, 3.05) is 44.8 Å². The van der Waals surface area contributed by atoms with Crippen LogP contribution in [0.3, 0.4) is 0 Å². The van der Waals surface area contributed by atoms with E-state index in [0.29, 0.717) is 12.2 Å². The molecule has 1 saturated heterocycles. The van der Waals surface area contributed by atoms with Gasteiger partial charge < -0.3 is 19.8 Å². The number of nitrogens with one attached hydrogen (secondary N) is 2. The molecule has 2 aliphatic heterocycles. The van der Waals surface area contributed by atoms with Crippen LogP contribution in [0.4, 0.5) is 5.69 Å². The molecule has 1 amide bonds. The SMILES string of the molecule is O=C1Nc2ccc(-c3ccccc3)cc2C1=Cc1cc2cc(OCCN3CCOCC3)ccc2[nH]1. The molecule has 0 saturated carbocycles. The molecule has 0 spiro atoms. The highest BCUT2D eigenvalue weighted by molar-refractivity contribution is 6.35. The Morgan fingerprint density at radius 2 is 1.80 bits per heavy atom. The first-order valence-electron chi connectivity index (χ1n) is 12.0. The number of ether oxygens (including phenoxy) is 2. The molecule has 1 fully saturated rings. The van der Waals surface area contributed by atoms with Gasteiger partial charge in [-0.25, -0.2) is 0 Å². The standard InChI is InChI=1S/C29H27N3O3/c33-29-26(25-18-21(6-8-28(25)31-29)20-4-2-1-3-5-20)19-23-16-22-17-24(7-9-27(22)30-23)35-15-12-32-10-13-34-14-11-32/h1-9,16-19,30H,10-15H2,(H,31,33). The number of carbonyl (C=O) groups is 1. The van der Waals surface area contributed by atoms with Crippen LogP contribution in [0.1, 0.15) is 11.3 Å². The number of benzene rings is 3. The van der Waals surface area contributed by atoms with Gasteiger partial charge in [0.1, 0.15) is 12.4 Å². The average Bonchev–Trinajstić information content (AvgIpc) is 3.44. The number of fused-ring (bicyclic) bond motifs is 2. The van der Waals surface area contributed by atoms with Crippen molar-refractivity contribution in [1.82, 2.24) is 9.88 Å². The maximum absolute atomic E-state index is 12.8. The number of rotatable bonds is 6. The summed E-state index contributed by atoms with van der Waals surface area (Å²) in [6.07, 6.45) is 1.93. The van der Waals surface area contributed by atoms with Crippen LogP contribution < -0.4 is 10.1 Å². The topological polar surface area (TPSA) is 66.6 Å². The van der Waals surface area contributed by atoms with Gasteiger partial charge >= 0.3 is 0 Å². The molecule has 6 rings (SSSR count). The molecular formula is C29H27N3O3. The van der Waals surface area contributed by atoms with E-state index in [1.54, 1.807) is 0 Å². The van der Waals surface area contributed by atoms with Gasteiger partial charge in [-0.2, -0.15) is 0 Å². The number of hydrogen-bond acceptors (Lipinski definition) is 4. The van der Waals surface area contributed by atoms with Gasteiger partial charge in [-0.1, -0.05) is 36.4 Å². The second-order valence-corrected chi connectivity index (χ2v) is 8.91. The number of amides is 1. The molecule has 3 heterocycles. The van der Waals surface area contributed by atoms with Crippen LogP contribution >= 0.6 is 0 Å². The monoisotopic (exact) mass is 465 g/mol. The summed E-state index contributed by atoms with van der Waals surface area (Å²) < 4.78 is 11.4. The lowest BCUT2D eigenvalue weighted by Gasteiger charge is -2.26. The largest absolute Gasteiger partial charge is 0.492 e. The Balaban J connectivity index is 1.22. The first kappa shape index (κ1) is 21.6. The van der Waals surface area contributed by atoms with Crippen LogP contribution in [-0.4, -0.2) is 55.2 Å². The van der Waals surface area contributed by atoms with Gasteiger partial charge in [0.05, 0.1) is 18.8 Å². The molecule has 176 valence electrons. The summed E-state index contributed by atoms with van der Waals surface area (Å²) in [7, 11) is 0. The Kier molecular flexibility index (Phi) is 5.82. The van der Waals surface area contributed by atoms with Gasteiger partial charge in [-0.15, -0.1) is 0 Å². The number of aromatic nitrogens is 1. The maximum Gasteiger partial charge on any atom is 0.256 e. The van der Waals surface area contributed by atoms with Crippen molar-refractivity contribution in [2.24, 2.45) is 0 Å². The van der Waals surface area contributed by atoms with E-state index in [1.807, 2.05) is 54.6 Å². The second-order valence-electron chi connectivity index (χ2n) is 8.91. The lowest BCUT2D eigenvalue weighted by molar-refractivity contribution is -0.110.